The van der Waals surface area contributed by atoms with Gasteiger partial charge in [0.25, 0.3) is 5.91 Å². The van der Waals surface area contributed by atoms with Crippen LogP contribution in [0.25, 0.3) is 22.4 Å². The number of allylic oxidation sites excluding steroid dienone is 1. The number of rotatable bonds is 7. The number of nitrogens with zero attached hydrogens (tertiary/aromatic N) is 3. The molecule has 2 aromatic heterocycles. The molecule has 3 aliphatic carbocycles. The Morgan fingerprint density at radius 3 is 2.38 bits per heavy atom. The quantitative estimate of drug-likeness (QED) is 0.280. The van der Waals surface area contributed by atoms with Gasteiger partial charge in [-0.1, -0.05) is 37.1 Å². The average Bonchev–Trinajstić information content (AvgIpc) is 4.01. The Labute approximate surface area is 321 Å². The summed E-state index contributed by atoms with van der Waals surface area (Å²) in [5.74, 6) is -3.71. The van der Waals surface area contributed by atoms with E-state index in [2.05, 4.69) is 15.4 Å². The van der Waals surface area contributed by atoms with Crippen molar-refractivity contribution >= 4 is 44.7 Å². The lowest BCUT2D eigenvalue weighted by atomic mass is 9.85. The fourth-order valence-corrected chi connectivity index (χ4v) is 9.17. The summed E-state index contributed by atoms with van der Waals surface area (Å²) in [4.78, 5) is 65.7. The lowest BCUT2D eigenvalue weighted by molar-refractivity contribution is -0.136. The van der Waals surface area contributed by atoms with Gasteiger partial charge in [-0.3, -0.25) is 19.1 Å². The summed E-state index contributed by atoms with van der Waals surface area (Å²) in [5, 5.41) is 5.10. The monoisotopic (exact) mass is 774 g/mol. The van der Waals surface area contributed by atoms with Gasteiger partial charge in [-0.2, -0.15) is 0 Å². The predicted molar refractivity (Wildman–Crippen MR) is 204 cm³/mol. The first-order valence-corrected chi connectivity index (χ1v) is 20.8. The van der Waals surface area contributed by atoms with Crippen LogP contribution in [0.2, 0.25) is 0 Å². The SMILES string of the molecule is Cn1cccc1-c1nc2ccccc2nc1O[C@H]1CC2C(=O)[C@H](NC(=O)OC(C)(C)C)CCCCC/C=C\C3C[C@@]3(C(=O)NS(=O)(=O)C3CC3)NC(=O)[C@@H]2C1. The molecule has 6 atom stereocenters. The Bertz CT molecular complexity index is 2120. The number of para-hydroxylation sites is 2. The number of fused-ring (bicyclic) bond motifs is 3. The molecular weight excluding hydrogens is 725 g/mol. The van der Waals surface area contributed by atoms with Crippen LogP contribution >= 0.6 is 0 Å². The molecule has 1 aromatic carbocycles. The molecule has 0 bridgehead atoms. The number of Topliss-reactive ketones (excluding diaryl/α,β-unsaturated/α-hetero) is 1. The molecule has 3 saturated carbocycles. The van der Waals surface area contributed by atoms with Crippen LogP contribution in [-0.2, 0) is 36.2 Å². The molecule has 3 aromatic rings. The molecule has 3 heterocycles. The van der Waals surface area contributed by atoms with Gasteiger partial charge >= 0.3 is 6.09 Å². The third kappa shape index (κ3) is 8.56. The lowest BCUT2D eigenvalue weighted by Gasteiger charge is -2.27. The zero-order valence-electron chi connectivity index (χ0n) is 31.7. The maximum atomic E-state index is 14.6. The number of carbonyl (C=O) groups excluding carboxylic acids is 4. The smallest absolute Gasteiger partial charge is 0.408 e. The summed E-state index contributed by atoms with van der Waals surface area (Å²) in [6.07, 6.45) is 9.00. The zero-order valence-corrected chi connectivity index (χ0v) is 32.6. The summed E-state index contributed by atoms with van der Waals surface area (Å²) >= 11 is 0. The van der Waals surface area contributed by atoms with Crippen LogP contribution < -0.4 is 20.1 Å². The van der Waals surface area contributed by atoms with Crippen LogP contribution in [0, 0.1) is 17.8 Å². The molecule has 0 radical (unpaired) electrons. The van der Waals surface area contributed by atoms with Crippen molar-refractivity contribution in [3.8, 4) is 17.3 Å². The average molecular weight is 775 g/mol. The second-order valence-corrected chi connectivity index (χ2v) is 18.4. The van der Waals surface area contributed by atoms with E-state index >= 15 is 0 Å². The van der Waals surface area contributed by atoms with Gasteiger partial charge in [0.1, 0.15) is 22.9 Å². The topological polar surface area (TPSA) is 188 Å². The molecule has 294 valence electrons. The summed E-state index contributed by atoms with van der Waals surface area (Å²) in [5.41, 5.74) is 0.264. The number of carbonyl (C=O) groups is 4. The number of ether oxygens (including phenoxy) is 2. The number of hydrogen-bond acceptors (Lipinski definition) is 10. The number of benzene rings is 1. The summed E-state index contributed by atoms with van der Waals surface area (Å²) < 4.78 is 42.1. The van der Waals surface area contributed by atoms with E-state index in [-0.39, 0.29) is 30.9 Å². The van der Waals surface area contributed by atoms with Crippen LogP contribution in [-0.4, -0.2) is 75.2 Å². The van der Waals surface area contributed by atoms with E-state index in [0.29, 0.717) is 48.8 Å². The molecule has 3 fully saturated rings. The van der Waals surface area contributed by atoms with Crippen molar-refractivity contribution in [2.45, 2.75) is 114 Å². The minimum atomic E-state index is -3.89. The molecule has 7 rings (SSSR count). The molecule has 55 heavy (non-hydrogen) atoms. The van der Waals surface area contributed by atoms with E-state index in [0.717, 1.165) is 18.5 Å². The van der Waals surface area contributed by atoms with Gasteiger partial charge in [-0.15, -0.1) is 0 Å². The van der Waals surface area contributed by atoms with E-state index in [1.807, 2.05) is 66.4 Å². The number of aromatic nitrogens is 3. The first-order valence-electron chi connectivity index (χ1n) is 19.3. The number of nitrogens with one attached hydrogen (secondary N) is 3. The second kappa shape index (κ2) is 15.0. The van der Waals surface area contributed by atoms with Crippen molar-refractivity contribution in [2.75, 3.05) is 0 Å². The van der Waals surface area contributed by atoms with Gasteiger partial charge in [0.05, 0.1) is 33.9 Å². The van der Waals surface area contributed by atoms with E-state index in [1.165, 1.54) is 0 Å². The Morgan fingerprint density at radius 1 is 0.964 bits per heavy atom. The Hall–Kier alpha value is -4.79. The first-order chi connectivity index (χ1) is 26.1. The van der Waals surface area contributed by atoms with Gasteiger partial charge in [-0.25, -0.2) is 23.2 Å². The standard InChI is InChI=1S/C40H50N6O8S/c1-39(2,3)54-38(50)43-31-16-9-7-5-6-8-13-24-23-40(24,37(49)45-55(51,52)26-18-19-26)44-35(48)28-22-25(21-27(28)34(31)47)53-36-33(32-17-12-20-46(32)4)41-29-14-10-11-15-30(29)42-36/h8,10-15,17,20,24-28,31H,5-7,9,16,18-19,21-23H2,1-4H3,(H,43,50)(H,44,48)(H,45,49)/b13-8-/t24?,25-,27?,28+,31+,40+/m0/s1. The van der Waals surface area contributed by atoms with E-state index < -0.39 is 74.2 Å². The molecule has 0 spiro atoms. The maximum Gasteiger partial charge on any atom is 0.408 e. The van der Waals surface area contributed by atoms with Gasteiger partial charge in [-0.05, 0) is 96.4 Å². The van der Waals surface area contributed by atoms with E-state index in [4.69, 9.17) is 19.4 Å². The number of amides is 3. The van der Waals surface area contributed by atoms with Crippen LogP contribution in [0.4, 0.5) is 4.79 Å². The van der Waals surface area contributed by atoms with Crippen LogP contribution in [0.3, 0.4) is 0 Å². The van der Waals surface area contributed by atoms with Crippen LogP contribution in [0.1, 0.15) is 85.0 Å². The molecule has 0 saturated heterocycles. The third-order valence-corrected chi connectivity index (χ3v) is 12.8. The molecule has 3 N–H and O–H groups in total. The molecule has 4 aliphatic rings. The van der Waals surface area contributed by atoms with Gasteiger partial charge in [0.15, 0.2) is 5.78 Å². The number of ketones is 1. The number of alkyl carbamates (subject to hydrolysis) is 1. The Balaban J connectivity index is 1.22. The molecule has 3 amide bonds. The van der Waals surface area contributed by atoms with Gasteiger partial charge in [0.2, 0.25) is 21.8 Å². The minimum absolute atomic E-state index is 0.0983. The highest BCUT2D eigenvalue weighted by molar-refractivity contribution is 7.91. The number of hydrogen-bond donors (Lipinski definition) is 3. The van der Waals surface area contributed by atoms with Crippen LogP contribution in [0.15, 0.2) is 54.7 Å². The van der Waals surface area contributed by atoms with E-state index in [9.17, 15) is 27.6 Å². The van der Waals surface area contributed by atoms with Crippen molar-refractivity contribution in [1.82, 2.24) is 29.9 Å². The normalized spacial score (nSPS) is 28.1. The molecule has 15 heteroatoms. The first kappa shape index (κ1) is 38.5. The summed E-state index contributed by atoms with van der Waals surface area (Å²) in [6.45, 7) is 5.22. The Morgan fingerprint density at radius 2 is 1.69 bits per heavy atom. The highest BCUT2D eigenvalue weighted by Crippen LogP contribution is 2.47. The van der Waals surface area contributed by atoms with Gasteiger partial charge in [0, 0.05) is 25.1 Å². The number of aryl methyl sites for hydroxylation is 1. The fourth-order valence-electron chi connectivity index (χ4n) is 7.81. The van der Waals surface area contributed by atoms with Crippen molar-refractivity contribution in [3.63, 3.8) is 0 Å². The minimum Gasteiger partial charge on any atom is -0.473 e. The summed E-state index contributed by atoms with van der Waals surface area (Å²) in [7, 11) is -2.00. The summed E-state index contributed by atoms with van der Waals surface area (Å²) in [6, 6.07) is 10.3. The van der Waals surface area contributed by atoms with Crippen molar-refractivity contribution in [1.29, 1.82) is 0 Å². The largest absolute Gasteiger partial charge is 0.473 e. The predicted octanol–water partition coefficient (Wildman–Crippen LogP) is 4.87. The second-order valence-electron chi connectivity index (χ2n) is 16.4. The molecule has 2 unspecified atom stereocenters. The molecular formula is C40H50N6O8S. The Kier molecular flexibility index (Phi) is 10.5. The number of sulfonamides is 1. The fraction of sp³-hybridized carbons (Fsp3) is 0.550. The third-order valence-electron chi connectivity index (χ3n) is 11.0. The highest BCUT2D eigenvalue weighted by atomic mass is 32.2. The van der Waals surface area contributed by atoms with E-state index in [1.54, 1.807) is 20.8 Å². The van der Waals surface area contributed by atoms with Gasteiger partial charge < -0.3 is 24.7 Å². The van der Waals surface area contributed by atoms with Crippen LogP contribution in [0.5, 0.6) is 5.88 Å². The van der Waals surface area contributed by atoms with Crippen molar-refractivity contribution in [2.24, 2.45) is 24.8 Å². The molecule has 1 aliphatic heterocycles. The maximum absolute atomic E-state index is 14.6. The highest BCUT2D eigenvalue weighted by Gasteiger charge is 2.62. The zero-order chi connectivity index (χ0) is 39.1. The van der Waals surface area contributed by atoms with Crippen molar-refractivity contribution in [3.05, 3.63) is 54.7 Å². The lowest BCUT2D eigenvalue weighted by Crippen LogP contribution is -2.54. The molecule has 14 nitrogen and oxygen atoms in total. The van der Waals surface area contributed by atoms with Crippen molar-refractivity contribution < 1.29 is 37.1 Å².